The lowest BCUT2D eigenvalue weighted by Gasteiger charge is -2.13. The van der Waals surface area contributed by atoms with Crippen LogP contribution in [0.5, 0.6) is 5.75 Å². The lowest BCUT2D eigenvalue weighted by molar-refractivity contribution is -0.123. The molecule has 0 fully saturated rings. The molecule has 0 saturated heterocycles. The Morgan fingerprint density at radius 1 is 1.25 bits per heavy atom. The summed E-state index contributed by atoms with van der Waals surface area (Å²) in [6.45, 7) is 6.58. The third-order valence-corrected chi connectivity index (χ3v) is 3.10. The molecule has 0 unspecified atom stereocenters. The van der Waals surface area contributed by atoms with Gasteiger partial charge in [0.25, 0.3) is 5.91 Å². The molecule has 2 rings (SSSR count). The molecule has 0 aliphatic carbocycles. The number of aromatic nitrogens is 1. The van der Waals surface area contributed by atoms with E-state index in [4.69, 9.17) is 4.74 Å². The third-order valence-electron chi connectivity index (χ3n) is 3.10. The van der Waals surface area contributed by atoms with Crippen LogP contribution in [0.25, 0.3) is 0 Å². The van der Waals surface area contributed by atoms with Gasteiger partial charge in [-0.15, -0.1) is 0 Å². The first-order valence-corrected chi connectivity index (χ1v) is 6.65. The fourth-order valence-electron chi connectivity index (χ4n) is 2.25. The van der Waals surface area contributed by atoms with Crippen molar-refractivity contribution in [2.45, 2.75) is 27.3 Å². The van der Waals surface area contributed by atoms with Crippen molar-refractivity contribution >= 4 is 5.91 Å². The van der Waals surface area contributed by atoms with Crippen LogP contribution in [0, 0.1) is 20.8 Å². The number of ether oxygens (including phenoxy) is 1. The molecule has 0 aliphatic heterocycles. The predicted octanol–water partition coefficient (Wildman–Crippen LogP) is 2.64. The van der Waals surface area contributed by atoms with Gasteiger partial charge in [0.2, 0.25) is 0 Å². The van der Waals surface area contributed by atoms with Gasteiger partial charge in [-0.3, -0.25) is 4.79 Å². The summed E-state index contributed by atoms with van der Waals surface area (Å²) in [5.74, 6) is 0.679. The van der Waals surface area contributed by atoms with Gasteiger partial charge in [0.15, 0.2) is 6.61 Å². The van der Waals surface area contributed by atoms with E-state index in [9.17, 15) is 4.79 Å². The molecule has 1 heterocycles. The highest BCUT2D eigenvalue weighted by molar-refractivity contribution is 5.77. The fraction of sp³-hybridized carbons (Fsp3) is 0.312. The number of hydrogen-bond acceptors (Lipinski definition) is 2. The Labute approximate surface area is 119 Å². The lowest BCUT2D eigenvalue weighted by atomic mass is 10.1. The van der Waals surface area contributed by atoms with Crippen LogP contribution in [0.3, 0.4) is 0 Å². The van der Waals surface area contributed by atoms with Crippen molar-refractivity contribution in [3.05, 3.63) is 52.8 Å². The Kier molecular flexibility index (Phi) is 4.45. The minimum Gasteiger partial charge on any atom is -0.483 e. The molecular weight excluding hydrogens is 252 g/mol. The van der Waals surface area contributed by atoms with E-state index in [0.717, 1.165) is 22.4 Å². The summed E-state index contributed by atoms with van der Waals surface area (Å²) in [7, 11) is 0. The topological polar surface area (TPSA) is 54.1 Å². The molecule has 2 aromatic rings. The summed E-state index contributed by atoms with van der Waals surface area (Å²) in [4.78, 5) is 14.7. The molecule has 1 amide bonds. The van der Waals surface area contributed by atoms with Crippen LogP contribution in [0.15, 0.2) is 30.6 Å². The molecule has 106 valence electrons. The van der Waals surface area contributed by atoms with E-state index in [2.05, 4.69) is 22.4 Å². The number of amides is 1. The molecule has 4 heteroatoms. The highest BCUT2D eigenvalue weighted by atomic mass is 16.5. The summed E-state index contributed by atoms with van der Waals surface area (Å²) < 4.78 is 5.63. The van der Waals surface area contributed by atoms with E-state index in [1.165, 1.54) is 5.56 Å². The van der Waals surface area contributed by atoms with E-state index < -0.39 is 0 Å². The van der Waals surface area contributed by atoms with Gasteiger partial charge >= 0.3 is 0 Å². The number of H-pyrrole nitrogens is 1. The highest BCUT2D eigenvalue weighted by Crippen LogP contribution is 2.24. The van der Waals surface area contributed by atoms with Crippen LogP contribution >= 0.6 is 0 Å². The van der Waals surface area contributed by atoms with E-state index in [-0.39, 0.29) is 12.5 Å². The summed E-state index contributed by atoms with van der Waals surface area (Å²) in [5, 5.41) is 2.82. The number of benzene rings is 1. The first kappa shape index (κ1) is 14.2. The van der Waals surface area contributed by atoms with E-state index in [1.54, 1.807) is 0 Å². The van der Waals surface area contributed by atoms with Gasteiger partial charge in [-0.1, -0.05) is 17.7 Å². The number of carbonyl (C=O) groups is 1. The third kappa shape index (κ3) is 3.63. The largest absolute Gasteiger partial charge is 0.483 e. The molecule has 4 nitrogen and oxygen atoms in total. The van der Waals surface area contributed by atoms with Crippen LogP contribution in [-0.4, -0.2) is 17.5 Å². The second kappa shape index (κ2) is 6.28. The molecular formula is C16H20N2O2. The van der Waals surface area contributed by atoms with Crippen LogP contribution in [0.4, 0.5) is 0 Å². The molecule has 1 aromatic carbocycles. The Hall–Kier alpha value is -2.23. The van der Waals surface area contributed by atoms with Gasteiger partial charge in [0.05, 0.1) is 0 Å². The van der Waals surface area contributed by atoms with Gasteiger partial charge in [0.1, 0.15) is 5.75 Å². The number of nitrogens with one attached hydrogen (secondary N) is 2. The Balaban J connectivity index is 1.87. The molecule has 1 aromatic heterocycles. The summed E-state index contributed by atoms with van der Waals surface area (Å²) in [5.41, 5.74) is 4.35. The monoisotopic (exact) mass is 272 g/mol. The van der Waals surface area contributed by atoms with Gasteiger partial charge in [0, 0.05) is 18.9 Å². The van der Waals surface area contributed by atoms with Crippen molar-refractivity contribution in [1.82, 2.24) is 10.3 Å². The maximum Gasteiger partial charge on any atom is 0.258 e. The van der Waals surface area contributed by atoms with E-state index >= 15 is 0 Å². The maximum atomic E-state index is 11.8. The van der Waals surface area contributed by atoms with Crippen molar-refractivity contribution in [1.29, 1.82) is 0 Å². The van der Waals surface area contributed by atoms with E-state index in [1.807, 2.05) is 39.2 Å². The zero-order valence-corrected chi connectivity index (χ0v) is 12.1. The summed E-state index contributed by atoms with van der Waals surface area (Å²) >= 11 is 0. The molecule has 0 aliphatic rings. The van der Waals surface area contributed by atoms with Crippen molar-refractivity contribution in [2.24, 2.45) is 0 Å². The number of hydrogen-bond donors (Lipinski definition) is 2. The van der Waals surface area contributed by atoms with Gasteiger partial charge in [-0.05, 0) is 43.5 Å². The summed E-state index contributed by atoms with van der Waals surface area (Å²) in [6, 6.07) is 6.04. The Morgan fingerprint density at radius 2 is 1.95 bits per heavy atom. The van der Waals surface area contributed by atoms with Crippen LogP contribution < -0.4 is 10.1 Å². The smallest absolute Gasteiger partial charge is 0.258 e. The average molecular weight is 272 g/mol. The number of rotatable bonds is 5. The standard InChI is InChI=1S/C16H20N2O2/c1-11-6-12(2)16(13(3)7-11)20-10-15(19)18-9-14-4-5-17-8-14/h4-8,17H,9-10H2,1-3H3,(H,18,19). The minimum absolute atomic E-state index is 0.0369. The van der Waals surface area contributed by atoms with Crippen LogP contribution in [0.1, 0.15) is 22.3 Å². The van der Waals surface area contributed by atoms with Crippen LogP contribution in [0.2, 0.25) is 0 Å². The molecule has 0 radical (unpaired) electrons. The highest BCUT2D eigenvalue weighted by Gasteiger charge is 2.08. The predicted molar refractivity (Wildman–Crippen MR) is 78.8 cm³/mol. The van der Waals surface area contributed by atoms with Gasteiger partial charge in [-0.2, -0.15) is 0 Å². The first-order chi connectivity index (χ1) is 9.56. The normalized spacial score (nSPS) is 10.3. The maximum absolute atomic E-state index is 11.8. The lowest BCUT2D eigenvalue weighted by Crippen LogP contribution is -2.28. The Bertz CT molecular complexity index is 566. The average Bonchev–Trinajstić information content (AvgIpc) is 2.88. The number of carbonyl (C=O) groups excluding carboxylic acids is 1. The minimum atomic E-state index is -0.120. The van der Waals surface area contributed by atoms with Gasteiger partial charge < -0.3 is 15.0 Å². The molecule has 0 bridgehead atoms. The zero-order valence-electron chi connectivity index (χ0n) is 12.1. The van der Waals surface area contributed by atoms with Crippen molar-refractivity contribution < 1.29 is 9.53 Å². The second-order valence-electron chi connectivity index (χ2n) is 5.01. The van der Waals surface area contributed by atoms with E-state index in [0.29, 0.717) is 6.54 Å². The number of aromatic amines is 1. The second-order valence-corrected chi connectivity index (χ2v) is 5.01. The molecule has 0 saturated carbocycles. The SMILES string of the molecule is Cc1cc(C)c(OCC(=O)NCc2cc[nH]c2)c(C)c1. The Morgan fingerprint density at radius 3 is 2.55 bits per heavy atom. The molecule has 0 spiro atoms. The van der Waals surface area contributed by atoms with Crippen LogP contribution in [-0.2, 0) is 11.3 Å². The number of aryl methyl sites for hydroxylation is 3. The van der Waals surface area contributed by atoms with Crippen molar-refractivity contribution in [2.75, 3.05) is 6.61 Å². The first-order valence-electron chi connectivity index (χ1n) is 6.65. The van der Waals surface area contributed by atoms with Crippen molar-refractivity contribution in [3.8, 4) is 5.75 Å². The molecule has 20 heavy (non-hydrogen) atoms. The fourth-order valence-corrected chi connectivity index (χ4v) is 2.25. The quantitative estimate of drug-likeness (QED) is 0.879. The van der Waals surface area contributed by atoms with Crippen molar-refractivity contribution in [3.63, 3.8) is 0 Å². The molecule has 0 atom stereocenters. The molecule has 2 N–H and O–H groups in total. The van der Waals surface area contributed by atoms with Gasteiger partial charge in [-0.25, -0.2) is 0 Å². The summed E-state index contributed by atoms with van der Waals surface area (Å²) in [6.07, 6.45) is 3.69. The zero-order chi connectivity index (χ0) is 14.5.